The highest BCUT2D eigenvalue weighted by Gasteiger charge is 2.20. The van der Waals surface area contributed by atoms with Crippen molar-refractivity contribution in [3.63, 3.8) is 0 Å². The molecule has 0 saturated heterocycles. The SMILES string of the molecule is N#Cc1cncc(-c2ccc3nc(Nc4cc(C=O)cc(NC5CCC(O)CC5)n4)sc3c2)c1. The van der Waals surface area contributed by atoms with E-state index >= 15 is 0 Å². The Labute approximate surface area is 200 Å². The maximum atomic E-state index is 11.5. The molecule has 0 unspecified atom stereocenters. The molecule has 0 radical (unpaired) electrons. The first-order valence-electron chi connectivity index (χ1n) is 11.0. The van der Waals surface area contributed by atoms with Crippen LogP contribution in [0.2, 0.25) is 0 Å². The van der Waals surface area contributed by atoms with Crippen LogP contribution in [0.15, 0.2) is 48.8 Å². The third kappa shape index (κ3) is 4.88. The largest absolute Gasteiger partial charge is 0.393 e. The van der Waals surface area contributed by atoms with Gasteiger partial charge in [0.15, 0.2) is 5.13 Å². The molecule has 9 heteroatoms. The number of aromatic nitrogens is 3. The quantitative estimate of drug-likeness (QED) is 0.340. The fraction of sp³-hybridized carbons (Fsp3) is 0.240. The van der Waals surface area contributed by atoms with E-state index in [1.807, 2.05) is 24.3 Å². The minimum atomic E-state index is -0.226. The number of pyridine rings is 2. The summed E-state index contributed by atoms with van der Waals surface area (Å²) in [5, 5.41) is 26.2. The molecule has 0 atom stereocenters. The van der Waals surface area contributed by atoms with Gasteiger partial charge in [0.2, 0.25) is 0 Å². The highest BCUT2D eigenvalue weighted by atomic mass is 32.1. The van der Waals surface area contributed by atoms with Crippen LogP contribution in [-0.2, 0) is 0 Å². The summed E-state index contributed by atoms with van der Waals surface area (Å²) in [5.41, 5.74) is 3.70. The van der Waals surface area contributed by atoms with Crippen LogP contribution < -0.4 is 10.6 Å². The van der Waals surface area contributed by atoms with Gasteiger partial charge in [-0.15, -0.1) is 0 Å². The molecule has 3 N–H and O–H groups in total. The smallest absolute Gasteiger partial charge is 0.189 e. The first kappa shape index (κ1) is 21.9. The van der Waals surface area contributed by atoms with Crippen LogP contribution in [0.25, 0.3) is 21.3 Å². The number of fused-ring (bicyclic) bond motifs is 1. The second-order valence-corrected chi connectivity index (χ2v) is 9.37. The number of carbonyl (C=O) groups excluding carboxylic acids is 1. The molecule has 1 aliphatic carbocycles. The lowest BCUT2D eigenvalue weighted by molar-refractivity contribution is 0.112. The van der Waals surface area contributed by atoms with Gasteiger partial charge in [-0.1, -0.05) is 17.4 Å². The molecule has 1 aromatic carbocycles. The van der Waals surface area contributed by atoms with Crippen LogP contribution >= 0.6 is 11.3 Å². The summed E-state index contributed by atoms with van der Waals surface area (Å²) in [6.07, 6.45) is 7.11. The molecule has 170 valence electrons. The van der Waals surface area contributed by atoms with Gasteiger partial charge < -0.3 is 15.7 Å². The second kappa shape index (κ2) is 9.55. The van der Waals surface area contributed by atoms with E-state index in [2.05, 4.69) is 31.7 Å². The van der Waals surface area contributed by atoms with Gasteiger partial charge >= 0.3 is 0 Å². The van der Waals surface area contributed by atoms with E-state index in [0.29, 0.717) is 27.9 Å². The van der Waals surface area contributed by atoms with Crippen molar-refractivity contribution in [2.24, 2.45) is 0 Å². The average Bonchev–Trinajstić information content (AvgIpc) is 3.26. The van der Waals surface area contributed by atoms with Gasteiger partial charge in [-0.25, -0.2) is 9.97 Å². The van der Waals surface area contributed by atoms with Crippen molar-refractivity contribution in [3.8, 4) is 17.2 Å². The van der Waals surface area contributed by atoms with Crippen molar-refractivity contribution in [3.05, 3.63) is 59.9 Å². The Morgan fingerprint density at radius 3 is 2.65 bits per heavy atom. The van der Waals surface area contributed by atoms with E-state index in [-0.39, 0.29) is 12.1 Å². The molecule has 0 spiro atoms. The molecule has 0 aliphatic heterocycles. The molecule has 34 heavy (non-hydrogen) atoms. The number of carbonyl (C=O) groups is 1. The minimum absolute atomic E-state index is 0.223. The number of thiazole rings is 1. The minimum Gasteiger partial charge on any atom is -0.393 e. The summed E-state index contributed by atoms with van der Waals surface area (Å²) >= 11 is 1.48. The monoisotopic (exact) mass is 470 g/mol. The number of anilines is 3. The number of hydrogen-bond acceptors (Lipinski definition) is 9. The average molecular weight is 471 g/mol. The highest BCUT2D eigenvalue weighted by Crippen LogP contribution is 2.32. The van der Waals surface area contributed by atoms with E-state index in [4.69, 9.17) is 5.26 Å². The number of aldehydes is 1. The van der Waals surface area contributed by atoms with Crippen molar-refractivity contribution < 1.29 is 9.90 Å². The summed E-state index contributed by atoms with van der Waals surface area (Å²) in [6, 6.07) is 13.5. The molecule has 4 aromatic rings. The Balaban J connectivity index is 1.38. The first-order valence-corrected chi connectivity index (χ1v) is 11.9. The number of aliphatic hydroxyl groups is 1. The van der Waals surface area contributed by atoms with Crippen LogP contribution in [-0.4, -0.2) is 38.5 Å². The Morgan fingerprint density at radius 2 is 1.85 bits per heavy atom. The van der Waals surface area contributed by atoms with Crippen molar-refractivity contribution >= 4 is 44.6 Å². The van der Waals surface area contributed by atoms with Crippen LogP contribution in [0, 0.1) is 11.3 Å². The van der Waals surface area contributed by atoms with Gasteiger partial charge in [-0.05, 0) is 61.6 Å². The summed E-state index contributed by atoms with van der Waals surface area (Å²) in [6.45, 7) is 0. The number of nitriles is 1. The number of rotatable bonds is 6. The van der Waals surface area contributed by atoms with Crippen LogP contribution in [0.4, 0.5) is 16.8 Å². The van der Waals surface area contributed by atoms with Gasteiger partial charge in [0, 0.05) is 29.6 Å². The maximum Gasteiger partial charge on any atom is 0.189 e. The van der Waals surface area contributed by atoms with Crippen LogP contribution in [0.3, 0.4) is 0 Å². The van der Waals surface area contributed by atoms with E-state index < -0.39 is 0 Å². The lowest BCUT2D eigenvalue weighted by atomic mass is 9.93. The normalized spacial score (nSPS) is 17.8. The zero-order chi connectivity index (χ0) is 23.5. The molecule has 3 aromatic heterocycles. The number of hydrogen-bond donors (Lipinski definition) is 3. The van der Waals surface area contributed by atoms with Gasteiger partial charge in [0.1, 0.15) is 24.0 Å². The van der Waals surface area contributed by atoms with Crippen molar-refractivity contribution in [1.82, 2.24) is 15.0 Å². The molecular formula is C25H22N6O2S. The molecule has 1 saturated carbocycles. The Bertz CT molecular complexity index is 1390. The fourth-order valence-corrected chi connectivity index (χ4v) is 5.03. The zero-order valence-electron chi connectivity index (χ0n) is 18.2. The topological polar surface area (TPSA) is 124 Å². The number of aliphatic hydroxyl groups excluding tert-OH is 1. The predicted molar refractivity (Wildman–Crippen MR) is 132 cm³/mol. The number of nitrogens with zero attached hydrogens (tertiary/aromatic N) is 4. The van der Waals surface area contributed by atoms with Crippen molar-refractivity contribution in [1.29, 1.82) is 5.26 Å². The number of benzene rings is 1. The number of nitrogens with one attached hydrogen (secondary N) is 2. The summed E-state index contributed by atoms with van der Waals surface area (Å²) in [4.78, 5) is 24.9. The second-order valence-electron chi connectivity index (χ2n) is 8.34. The Hall–Kier alpha value is -3.87. The lowest BCUT2D eigenvalue weighted by Crippen LogP contribution is -2.28. The third-order valence-electron chi connectivity index (χ3n) is 5.86. The molecule has 3 heterocycles. The lowest BCUT2D eigenvalue weighted by Gasteiger charge is -2.26. The van der Waals surface area contributed by atoms with Crippen LogP contribution in [0.5, 0.6) is 0 Å². The van der Waals surface area contributed by atoms with Crippen molar-refractivity contribution in [2.75, 3.05) is 10.6 Å². The predicted octanol–water partition coefficient (Wildman–Crippen LogP) is 4.90. The molecule has 0 bridgehead atoms. The fourth-order valence-electron chi connectivity index (χ4n) is 4.11. The van der Waals surface area contributed by atoms with E-state index in [0.717, 1.165) is 53.3 Å². The van der Waals surface area contributed by atoms with Gasteiger partial charge in [0.25, 0.3) is 0 Å². The first-order chi connectivity index (χ1) is 16.6. The van der Waals surface area contributed by atoms with E-state index in [1.54, 1.807) is 18.3 Å². The summed E-state index contributed by atoms with van der Waals surface area (Å²) in [5.74, 6) is 1.16. The molecule has 1 aliphatic rings. The van der Waals surface area contributed by atoms with Gasteiger partial charge in [0.05, 0.1) is 21.9 Å². The zero-order valence-corrected chi connectivity index (χ0v) is 19.0. The Morgan fingerprint density at radius 1 is 1.03 bits per heavy atom. The maximum absolute atomic E-state index is 11.5. The molecular weight excluding hydrogens is 448 g/mol. The van der Waals surface area contributed by atoms with Crippen LogP contribution in [0.1, 0.15) is 41.6 Å². The Kier molecular flexibility index (Phi) is 6.16. The van der Waals surface area contributed by atoms with Gasteiger partial charge in [-0.3, -0.25) is 9.78 Å². The van der Waals surface area contributed by atoms with Crippen molar-refractivity contribution in [2.45, 2.75) is 37.8 Å². The molecule has 8 nitrogen and oxygen atoms in total. The summed E-state index contributed by atoms with van der Waals surface area (Å²) < 4.78 is 0.980. The molecule has 5 rings (SSSR count). The highest BCUT2D eigenvalue weighted by molar-refractivity contribution is 7.22. The van der Waals surface area contributed by atoms with Gasteiger partial charge in [-0.2, -0.15) is 5.26 Å². The molecule has 0 amide bonds. The molecule has 1 fully saturated rings. The summed E-state index contributed by atoms with van der Waals surface area (Å²) in [7, 11) is 0. The van der Waals surface area contributed by atoms with E-state index in [9.17, 15) is 9.90 Å². The third-order valence-corrected chi connectivity index (χ3v) is 6.79. The van der Waals surface area contributed by atoms with E-state index in [1.165, 1.54) is 17.5 Å². The standard InChI is InChI=1S/C25H22N6O2S/c26-11-16-7-18(13-27-12-16)17-1-6-21-22(10-17)34-25(29-21)31-24-9-15(14-32)8-23(30-24)28-19-2-4-20(33)5-3-19/h1,6-10,12-14,19-20,33H,2-5H2,(H2,28,29,30,31).